The molecule has 5 nitrogen and oxygen atoms in total. The molecular weight excluding hydrogens is 291 g/mol. The Bertz CT molecular complexity index is 513. The number of rotatable bonds is 7. The van der Waals surface area contributed by atoms with E-state index in [2.05, 4.69) is 4.74 Å². The number of hydrogen-bond acceptors (Lipinski definition) is 4. The van der Waals surface area contributed by atoms with Gasteiger partial charge in [-0.3, -0.25) is 9.59 Å². The molecule has 1 rings (SSSR count). The van der Waals surface area contributed by atoms with E-state index in [-0.39, 0.29) is 19.6 Å². The summed E-state index contributed by atoms with van der Waals surface area (Å²) in [5, 5.41) is 8.77. The average Bonchev–Trinajstić information content (AvgIpc) is 2.34. The maximum absolute atomic E-state index is 13.7. The zero-order valence-corrected chi connectivity index (χ0v) is 11.2. The van der Waals surface area contributed by atoms with Gasteiger partial charge in [0.2, 0.25) is 0 Å². The largest absolute Gasteiger partial charge is 0.480 e. The Morgan fingerprint density at radius 1 is 1.24 bits per heavy atom. The van der Waals surface area contributed by atoms with Crippen LogP contribution >= 0.6 is 0 Å². The highest BCUT2D eigenvalue weighted by molar-refractivity contribution is 5.75. The van der Waals surface area contributed by atoms with Crippen molar-refractivity contribution >= 4 is 17.6 Å². The lowest BCUT2D eigenvalue weighted by atomic mass is 10.2. The number of benzene rings is 1. The first kappa shape index (κ1) is 16.8. The maximum atomic E-state index is 13.7. The van der Waals surface area contributed by atoms with Crippen molar-refractivity contribution in [2.75, 3.05) is 24.6 Å². The molecule has 0 atom stereocenters. The number of carbonyl (C=O) groups is 2. The number of hydrogen-bond donors (Lipinski definition) is 1. The number of nitrogens with zero attached hydrogens (tertiary/aromatic N) is 1. The zero-order valence-electron chi connectivity index (χ0n) is 11.2. The van der Waals surface area contributed by atoms with Crippen LogP contribution in [0.3, 0.4) is 0 Å². The molecule has 1 aromatic carbocycles. The van der Waals surface area contributed by atoms with Crippen LogP contribution in [-0.2, 0) is 14.3 Å². The molecule has 0 aliphatic rings. The summed E-state index contributed by atoms with van der Waals surface area (Å²) in [6.45, 7) is 0.715. The third-order valence-electron chi connectivity index (χ3n) is 2.52. The van der Waals surface area contributed by atoms with E-state index in [1.165, 1.54) is 0 Å². The summed E-state index contributed by atoms with van der Waals surface area (Å²) in [5.41, 5.74) is -0.692. The minimum atomic E-state index is -1.35. The first-order valence-corrected chi connectivity index (χ1v) is 6.12. The summed E-state index contributed by atoms with van der Waals surface area (Å²) in [7, 11) is 0. The Hall–Kier alpha value is -2.25. The van der Waals surface area contributed by atoms with Gasteiger partial charge in [0.05, 0.1) is 13.0 Å². The molecule has 21 heavy (non-hydrogen) atoms. The van der Waals surface area contributed by atoms with E-state index >= 15 is 0 Å². The Balaban J connectivity index is 2.97. The molecule has 0 aliphatic carbocycles. The van der Waals surface area contributed by atoms with Crippen LogP contribution in [0.2, 0.25) is 0 Å². The van der Waals surface area contributed by atoms with Gasteiger partial charge in [-0.1, -0.05) is 0 Å². The van der Waals surface area contributed by atoms with Gasteiger partial charge in [0, 0.05) is 18.7 Å². The number of aliphatic carboxylic acids is 1. The van der Waals surface area contributed by atoms with Gasteiger partial charge < -0.3 is 14.7 Å². The van der Waals surface area contributed by atoms with Crippen molar-refractivity contribution in [3.05, 3.63) is 29.6 Å². The van der Waals surface area contributed by atoms with Gasteiger partial charge in [-0.2, -0.15) is 0 Å². The van der Waals surface area contributed by atoms with E-state index in [1.54, 1.807) is 6.92 Å². The Kier molecular flexibility index (Phi) is 6.01. The first-order valence-electron chi connectivity index (χ1n) is 6.12. The molecule has 1 N–H and O–H groups in total. The zero-order chi connectivity index (χ0) is 16.0. The van der Waals surface area contributed by atoms with E-state index in [9.17, 15) is 22.8 Å². The molecule has 0 spiro atoms. The topological polar surface area (TPSA) is 66.8 Å². The van der Waals surface area contributed by atoms with Gasteiger partial charge in [-0.25, -0.2) is 13.2 Å². The fourth-order valence-electron chi connectivity index (χ4n) is 1.73. The highest BCUT2D eigenvalue weighted by Crippen LogP contribution is 2.24. The minimum Gasteiger partial charge on any atom is -0.480 e. The summed E-state index contributed by atoms with van der Waals surface area (Å²) < 4.78 is 44.8. The SMILES string of the molecule is CCOC(=O)CCN(CC(=O)O)c1c(F)cc(F)cc1F. The number of halogens is 3. The van der Waals surface area contributed by atoms with Crippen molar-refractivity contribution in [3.8, 4) is 0 Å². The quantitative estimate of drug-likeness (QED) is 0.780. The molecule has 0 unspecified atom stereocenters. The van der Waals surface area contributed by atoms with Gasteiger partial charge in [-0.05, 0) is 6.92 Å². The summed E-state index contributed by atoms with van der Waals surface area (Å²) in [5.74, 6) is -5.57. The van der Waals surface area contributed by atoms with Gasteiger partial charge in [0.15, 0.2) is 11.6 Å². The van der Waals surface area contributed by atoms with Crippen LogP contribution in [-0.4, -0.2) is 36.7 Å². The lowest BCUT2D eigenvalue weighted by molar-refractivity contribution is -0.143. The molecule has 0 aliphatic heterocycles. The van der Waals surface area contributed by atoms with Gasteiger partial charge >= 0.3 is 11.9 Å². The Morgan fingerprint density at radius 2 is 1.81 bits per heavy atom. The number of ether oxygens (including phenoxy) is 1. The molecular formula is C13H14F3NO4. The van der Waals surface area contributed by atoms with Gasteiger partial charge in [-0.15, -0.1) is 0 Å². The lowest BCUT2D eigenvalue weighted by Gasteiger charge is -2.23. The molecule has 8 heteroatoms. The monoisotopic (exact) mass is 305 g/mol. The molecule has 0 radical (unpaired) electrons. The van der Waals surface area contributed by atoms with Crippen molar-refractivity contribution < 1.29 is 32.6 Å². The van der Waals surface area contributed by atoms with E-state index in [4.69, 9.17) is 5.11 Å². The minimum absolute atomic E-state index is 0.136. The predicted molar refractivity (Wildman–Crippen MR) is 67.4 cm³/mol. The lowest BCUT2D eigenvalue weighted by Crippen LogP contribution is -2.33. The number of anilines is 1. The Labute approximate surface area is 118 Å². The van der Waals surface area contributed by atoms with Crippen molar-refractivity contribution in [2.24, 2.45) is 0 Å². The first-order chi connectivity index (χ1) is 9.85. The molecule has 0 amide bonds. The van der Waals surface area contributed by atoms with Gasteiger partial charge in [0.1, 0.15) is 18.0 Å². The molecule has 0 aromatic heterocycles. The normalized spacial score (nSPS) is 10.3. The van der Waals surface area contributed by atoms with Crippen LogP contribution in [0.1, 0.15) is 13.3 Å². The van der Waals surface area contributed by atoms with Crippen molar-refractivity contribution in [2.45, 2.75) is 13.3 Å². The smallest absolute Gasteiger partial charge is 0.323 e. The van der Waals surface area contributed by atoms with E-state index in [0.29, 0.717) is 12.1 Å². The molecule has 0 bridgehead atoms. The van der Waals surface area contributed by atoms with Crippen LogP contribution in [0.15, 0.2) is 12.1 Å². The van der Waals surface area contributed by atoms with Crippen LogP contribution < -0.4 is 4.90 Å². The van der Waals surface area contributed by atoms with Crippen molar-refractivity contribution in [1.82, 2.24) is 0 Å². The fraction of sp³-hybridized carbons (Fsp3) is 0.385. The van der Waals surface area contributed by atoms with Gasteiger partial charge in [0.25, 0.3) is 0 Å². The highest BCUT2D eigenvalue weighted by atomic mass is 19.1. The highest BCUT2D eigenvalue weighted by Gasteiger charge is 2.21. The second-order valence-corrected chi connectivity index (χ2v) is 4.09. The maximum Gasteiger partial charge on any atom is 0.323 e. The van der Waals surface area contributed by atoms with Crippen LogP contribution in [0, 0.1) is 17.5 Å². The molecule has 0 saturated heterocycles. The van der Waals surface area contributed by atoms with Crippen LogP contribution in [0.25, 0.3) is 0 Å². The predicted octanol–water partition coefficient (Wildman–Crippen LogP) is 1.95. The number of carboxylic acid groups (broad SMARTS) is 1. The molecule has 0 heterocycles. The van der Waals surface area contributed by atoms with Crippen LogP contribution in [0.4, 0.5) is 18.9 Å². The fourth-order valence-corrected chi connectivity index (χ4v) is 1.73. The molecule has 116 valence electrons. The number of carbonyl (C=O) groups excluding carboxylic acids is 1. The molecule has 0 fully saturated rings. The van der Waals surface area contributed by atoms with E-state index in [0.717, 1.165) is 4.90 Å². The number of esters is 1. The molecule has 1 aromatic rings. The van der Waals surface area contributed by atoms with Crippen molar-refractivity contribution in [3.63, 3.8) is 0 Å². The Morgan fingerprint density at radius 3 is 2.29 bits per heavy atom. The summed E-state index contributed by atoms with van der Waals surface area (Å²) in [6, 6.07) is 0.884. The molecule has 0 saturated carbocycles. The summed E-state index contributed by atoms with van der Waals surface area (Å²) >= 11 is 0. The van der Waals surface area contributed by atoms with E-state index < -0.39 is 41.6 Å². The van der Waals surface area contributed by atoms with Crippen molar-refractivity contribution in [1.29, 1.82) is 0 Å². The summed E-state index contributed by atoms with van der Waals surface area (Å²) in [4.78, 5) is 22.8. The second kappa shape index (κ2) is 7.51. The van der Waals surface area contributed by atoms with E-state index in [1.807, 2.05) is 0 Å². The third-order valence-corrected chi connectivity index (χ3v) is 2.52. The standard InChI is InChI=1S/C13H14F3NO4/c1-2-21-12(20)3-4-17(7-11(18)19)13-9(15)5-8(14)6-10(13)16/h5-6H,2-4,7H2,1H3,(H,18,19). The average molecular weight is 305 g/mol. The second-order valence-electron chi connectivity index (χ2n) is 4.09. The number of carboxylic acids is 1. The third kappa shape index (κ3) is 4.97. The summed E-state index contributed by atoms with van der Waals surface area (Å²) in [6.07, 6.45) is -0.253. The van der Waals surface area contributed by atoms with Crippen LogP contribution in [0.5, 0.6) is 0 Å².